The molecule has 3 heterocycles. The second kappa shape index (κ2) is 7.43. The minimum Gasteiger partial charge on any atom is -0.392 e. The number of hydrogen-bond acceptors (Lipinski definition) is 4. The molecule has 0 spiro atoms. The lowest BCUT2D eigenvalue weighted by atomic mass is 9.91. The van der Waals surface area contributed by atoms with Crippen molar-refractivity contribution in [3.8, 4) is 5.69 Å². The number of amides is 1. The Hall–Kier alpha value is -2.44. The highest BCUT2D eigenvalue weighted by Gasteiger charge is 2.28. The van der Waals surface area contributed by atoms with Crippen molar-refractivity contribution >= 4 is 17.2 Å². The number of thiophene rings is 1. The van der Waals surface area contributed by atoms with Crippen LogP contribution in [0.25, 0.3) is 5.69 Å². The number of benzene rings is 1. The van der Waals surface area contributed by atoms with Crippen molar-refractivity contribution in [2.45, 2.75) is 25.4 Å². The average Bonchev–Trinajstić information content (AvgIpc) is 3.38. The van der Waals surface area contributed by atoms with Crippen molar-refractivity contribution in [2.24, 2.45) is 0 Å². The molecule has 5 nitrogen and oxygen atoms in total. The molecule has 1 N–H and O–H groups in total. The molecule has 0 bridgehead atoms. The van der Waals surface area contributed by atoms with Gasteiger partial charge in [-0.2, -0.15) is 16.4 Å². The summed E-state index contributed by atoms with van der Waals surface area (Å²) in [7, 11) is 0. The molecular weight excluding hydrogens is 346 g/mol. The zero-order valence-corrected chi connectivity index (χ0v) is 15.2. The molecule has 3 aromatic rings. The van der Waals surface area contributed by atoms with Gasteiger partial charge in [0.05, 0.1) is 29.7 Å². The molecular formula is C20H21N3O2S. The Morgan fingerprint density at radius 1 is 1.19 bits per heavy atom. The van der Waals surface area contributed by atoms with Crippen LogP contribution in [-0.4, -0.2) is 38.8 Å². The van der Waals surface area contributed by atoms with Gasteiger partial charge in [0.25, 0.3) is 5.91 Å². The van der Waals surface area contributed by atoms with Gasteiger partial charge in [0.1, 0.15) is 0 Å². The number of aliphatic hydroxyl groups is 1. The van der Waals surface area contributed by atoms with E-state index in [0.717, 1.165) is 48.4 Å². The first kappa shape index (κ1) is 17.0. The number of rotatable bonds is 4. The van der Waals surface area contributed by atoms with Gasteiger partial charge >= 0.3 is 0 Å². The van der Waals surface area contributed by atoms with Crippen LogP contribution in [0.3, 0.4) is 0 Å². The maximum Gasteiger partial charge on any atom is 0.254 e. The maximum absolute atomic E-state index is 12.5. The minimum atomic E-state index is -0.0176. The number of likely N-dealkylation sites (tertiary alicyclic amines) is 1. The van der Waals surface area contributed by atoms with Gasteiger partial charge < -0.3 is 10.0 Å². The summed E-state index contributed by atoms with van der Waals surface area (Å²) in [5, 5.41) is 18.1. The molecule has 1 aliphatic rings. The Bertz CT molecular complexity index is 866. The summed E-state index contributed by atoms with van der Waals surface area (Å²) in [4.78, 5) is 14.5. The van der Waals surface area contributed by atoms with Gasteiger partial charge in [0.15, 0.2) is 0 Å². The summed E-state index contributed by atoms with van der Waals surface area (Å²) in [6.07, 6.45) is 3.51. The number of carbonyl (C=O) groups is 1. The Morgan fingerprint density at radius 2 is 1.96 bits per heavy atom. The van der Waals surface area contributed by atoms with E-state index in [9.17, 15) is 9.90 Å². The van der Waals surface area contributed by atoms with Gasteiger partial charge in [-0.3, -0.25) is 4.79 Å². The van der Waals surface area contributed by atoms with Crippen molar-refractivity contribution in [3.05, 3.63) is 70.2 Å². The fourth-order valence-electron chi connectivity index (χ4n) is 3.65. The smallest absolute Gasteiger partial charge is 0.254 e. The summed E-state index contributed by atoms with van der Waals surface area (Å²) < 4.78 is 1.94. The third-order valence-corrected chi connectivity index (χ3v) is 5.68. The molecule has 1 amide bonds. The third-order valence-electron chi connectivity index (χ3n) is 4.99. The Morgan fingerprint density at radius 3 is 2.62 bits per heavy atom. The zero-order chi connectivity index (χ0) is 17.9. The van der Waals surface area contributed by atoms with Crippen molar-refractivity contribution in [1.82, 2.24) is 14.7 Å². The minimum absolute atomic E-state index is 0.0176. The van der Waals surface area contributed by atoms with Crippen LogP contribution in [0, 0.1) is 0 Å². The second-order valence-corrected chi connectivity index (χ2v) is 7.32. The van der Waals surface area contributed by atoms with Gasteiger partial charge in [-0.05, 0) is 36.4 Å². The summed E-state index contributed by atoms with van der Waals surface area (Å²) in [6, 6.07) is 11.9. The van der Waals surface area contributed by atoms with E-state index in [1.54, 1.807) is 17.5 Å². The molecule has 1 saturated heterocycles. The van der Waals surface area contributed by atoms with Crippen molar-refractivity contribution < 1.29 is 9.90 Å². The quantitative estimate of drug-likeness (QED) is 0.768. The van der Waals surface area contributed by atoms with Crippen molar-refractivity contribution in [1.29, 1.82) is 0 Å². The number of hydrogen-bond donors (Lipinski definition) is 1. The first-order chi connectivity index (χ1) is 12.8. The number of nitrogens with zero attached hydrogens (tertiary/aromatic N) is 3. The van der Waals surface area contributed by atoms with Gasteiger partial charge in [-0.15, -0.1) is 0 Å². The van der Waals surface area contributed by atoms with Crippen LogP contribution in [0.4, 0.5) is 0 Å². The zero-order valence-electron chi connectivity index (χ0n) is 14.4. The van der Waals surface area contributed by atoms with Crippen LogP contribution < -0.4 is 0 Å². The van der Waals surface area contributed by atoms with Gasteiger partial charge in [0, 0.05) is 30.0 Å². The van der Waals surface area contributed by atoms with E-state index >= 15 is 0 Å². The molecule has 1 aromatic carbocycles. The number of aromatic nitrogens is 2. The first-order valence-electron chi connectivity index (χ1n) is 8.82. The molecule has 0 atom stereocenters. The highest BCUT2D eigenvalue weighted by atomic mass is 32.1. The largest absolute Gasteiger partial charge is 0.392 e. The molecule has 0 aliphatic carbocycles. The molecule has 1 fully saturated rings. The molecule has 1 aliphatic heterocycles. The van der Waals surface area contributed by atoms with E-state index in [2.05, 4.69) is 5.10 Å². The van der Waals surface area contributed by atoms with Crippen LogP contribution >= 0.6 is 11.3 Å². The van der Waals surface area contributed by atoms with E-state index in [0.29, 0.717) is 0 Å². The predicted molar refractivity (Wildman–Crippen MR) is 102 cm³/mol. The topological polar surface area (TPSA) is 58.4 Å². The van der Waals surface area contributed by atoms with Gasteiger partial charge in [0.2, 0.25) is 0 Å². The van der Waals surface area contributed by atoms with E-state index in [4.69, 9.17) is 0 Å². The van der Waals surface area contributed by atoms with Crippen LogP contribution in [0.5, 0.6) is 0 Å². The van der Waals surface area contributed by atoms with Crippen LogP contribution in [-0.2, 0) is 6.61 Å². The summed E-state index contributed by atoms with van der Waals surface area (Å²) in [5.41, 5.74) is 3.72. The fraction of sp³-hybridized carbons (Fsp3) is 0.300. The molecule has 4 rings (SSSR count). The van der Waals surface area contributed by atoms with Gasteiger partial charge in [-0.1, -0.05) is 18.2 Å². The predicted octanol–water partition coefficient (Wildman–Crippen LogP) is 3.45. The maximum atomic E-state index is 12.5. The number of carbonyl (C=O) groups excluding carboxylic acids is 1. The second-order valence-electron chi connectivity index (χ2n) is 6.54. The van der Waals surface area contributed by atoms with Crippen molar-refractivity contribution in [3.63, 3.8) is 0 Å². The Labute approximate surface area is 156 Å². The van der Waals surface area contributed by atoms with E-state index < -0.39 is 0 Å². The molecule has 0 unspecified atom stereocenters. The summed E-state index contributed by atoms with van der Waals surface area (Å²) in [5.74, 6) is 0.398. The normalized spacial score (nSPS) is 15.3. The number of para-hydroxylation sites is 1. The van der Waals surface area contributed by atoms with E-state index in [1.807, 2.05) is 56.7 Å². The average molecular weight is 367 g/mol. The lowest BCUT2D eigenvalue weighted by Gasteiger charge is -2.32. The monoisotopic (exact) mass is 367 g/mol. The molecule has 0 radical (unpaired) electrons. The van der Waals surface area contributed by atoms with Crippen molar-refractivity contribution in [2.75, 3.05) is 13.1 Å². The summed E-state index contributed by atoms with van der Waals surface area (Å²) >= 11 is 1.55. The molecule has 0 saturated carbocycles. The fourth-order valence-corrected chi connectivity index (χ4v) is 4.28. The molecule has 2 aromatic heterocycles. The SMILES string of the molecule is O=C(c1ccsc1)N1CCC(c2c(CO)cnn2-c2ccccc2)CC1. The first-order valence-corrected chi connectivity index (χ1v) is 9.76. The lowest BCUT2D eigenvalue weighted by molar-refractivity contribution is 0.0711. The number of piperidine rings is 1. The van der Waals surface area contributed by atoms with Crippen LogP contribution in [0.1, 0.15) is 40.4 Å². The van der Waals surface area contributed by atoms with Crippen LogP contribution in [0.15, 0.2) is 53.4 Å². The third kappa shape index (κ3) is 3.18. The highest BCUT2D eigenvalue weighted by Crippen LogP contribution is 2.32. The lowest BCUT2D eigenvalue weighted by Crippen LogP contribution is -2.38. The van der Waals surface area contributed by atoms with Gasteiger partial charge in [-0.25, -0.2) is 4.68 Å². The Balaban J connectivity index is 1.54. The van der Waals surface area contributed by atoms with Crippen LogP contribution in [0.2, 0.25) is 0 Å². The highest BCUT2D eigenvalue weighted by molar-refractivity contribution is 7.08. The number of aliphatic hydroxyl groups excluding tert-OH is 1. The molecule has 134 valence electrons. The molecule has 26 heavy (non-hydrogen) atoms. The molecule has 6 heteroatoms. The van der Waals surface area contributed by atoms with E-state index in [-0.39, 0.29) is 18.4 Å². The summed E-state index contributed by atoms with van der Waals surface area (Å²) in [6.45, 7) is 1.44. The standard InChI is InChI=1S/C20H21N3O2S/c24-13-17-12-21-23(18-4-2-1-3-5-18)19(17)15-6-9-22(10-7-15)20(25)16-8-11-26-14-16/h1-5,8,11-12,14-15,24H,6-7,9-10,13H2. The van der Waals surface area contributed by atoms with E-state index in [1.165, 1.54) is 0 Å². The Kier molecular flexibility index (Phi) is 4.86.